The summed E-state index contributed by atoms with van der Waals surface area (Å²) in [5, 5.41) is 0. The van der Waals surface area contributed by atoms with Crippen LogP contribution in [0, 0.1) is 0 Å². The van der Waals surface area contributed by atoms with Crippen molar-refractivity contribution in [3.05, 3.63) is 0 Å². The van der Waals surface area contributed by atoms with Crippen molar-refractivity contribution in [2.45, 2.75) is 0 Å². The Morgan fingerprint density at radius 2 is 2.12 bits per heavy atom. The van der Waals surface area contributed by atoms with Crippen molar-refractivity contribution in [3.8, 4) is 0 Å². The van der Waals surface area contributed by atoms with Crippen molar-refractivity contribution in [3.63, 3.8) is 0 Å². The third-order valence-electron chi connectivity index (χ3n) is 0.253. The van der Waals surface area contributed by atoms with E-state index in [2.05, 4.69) is 16.2 Å². The van der Waals surface area contributed by atoms with Gasteiger partial charge in [-0.2, -0.15) is 0 Å². The van der Waals surface area contributed by atoms with E-state index in [0.29, 0.717) is 0 Å². The number of carbonyl (C=O) groups is 1. The Labute approximate surface area is 62.3 Å². The summed E-state index contributed by atoms with van der Waals surface area (Å²) in [7, 11) is 0. The van der Waals surface area contributed by atoms with Gasteiger partial charge in [-0.15, -0.1) is 0 Å². The number of nitrogens with two attached hydrogens (primary N) is 1. The summed E-state index contributed by atoms with van der Waals surface area (Å²) < 4.78 is 3.61. The number of hydrogen-bond acceptors (Lipinski definition) is 3. The fraction of sp³-hybridized carbons (Fsp3) is 0.500. The molecule has 6 heteroatoms. The van der Waals surface area contributed by atoms with Crippen molar-refractivity contribution < 1.29 is 31.6 Å². The average molecular weight is 183 g/mol. The van der Waals surface area contributed by atoms with E-state index < -0.39 is 5.97 Å². The number of halogens is 1. The largest absolute Gasteiger partial charge is 0.412 e. The summed E-state index contributed by atoms with van der Waals surface area (Å²) in [6.45, 7) is -0.163. The molecule has 0 spiro atoms. The van der Waals surface area contributed by atoms with Crippen molar-refractivity contribution in [1.29, 1.82) is 0 Å². The minimum Gasteiger partial charge on any atom is -0.412 e. The molecule has 0 fully saturated rings. The van der Waals surface area contributed by atoms with Gasteiger partial charge in [-0.1, -0.05) is 0 Å². The van der Waals surface area contributed by atoms with Crippen LogP contribution < -0.4 is 5.73 Å². The second kappa shape index (κ2) is 10.2. The predicted octanol–water partition coefficient (Wildman–Crippen LogP) is -1.19. The number of rotatable bonds is 1. The molecule has 0 bridgehead atoms. The smallest absolute Gasteiger partial charge is 0.338 e. The standard InChI is InChI=1S/C2H4ClNO2.Fe.H2O/c3-6-2(5)1-4;;/h1,4H2;;1H2. The van der Waals surface area contributed by atoms with Gasteiger partial charge >= 0.3 is 5.97 Å². The Balaban J connectivity index is -0.000000125. The van der Waals surface area contributed by atoms with Gasteiger partial charge in [-0.05, 0) is 0 Å². The van der Waals surface area contributed by atoms with Crippen LogP contribution in [-0.4, -0.2) is 18.0 Å². The molecule has 0 unspecified atom stereocenters. The first-order chi connectivity index (χ1) is 2.81. The monoisotopic (exact) mass is 183 g/mol. The van der Waals surface area contributed by atoms with Crippen LogP contribution in [0.1, 0.15) is 0 Å². The fourth-order valence-corrected chi connectivity index (χ4v) is 0.0945. The van der Waals surface area contributed by atoms with Gasteiger partial charge < -0.3 is 15.5 Å². The van der Waals surface area contributed by atoms with E-state index in [9.17, 15) is 4.79 Å². The van der Waals surface area contributed by atoms with E-state index in [1.807, 2.05) is 0 Å². The van der Waals surface area contributed by atoms with E-state index in [1.54, 1.807) is 0 Å². The van der Waals surface area contributed by atoms with E-state index in [0.717, 1.165) is 0 Å². The molecule has 52 valence electrons. The molecule has 0 heterocycles. The molecular formula is C2H6ClFeNO3. The van der Waals surface area contributed by atoms with Gasteiger partial charge in [-0.3, -0.25) is 0 Å². The first-order valence-electron chi connectivity index (χ1n) is 1.32. The zero-order valence-electron chi connectivity index (χ0n) is 3.83. The van der Waals surface area contributed by atoms with E-state index in [-0.39, 0.29) is 29.1 Å². The van der Waals surface area contributed by atoms with Gasteiger partial charge in [0.2, 0.25) is 0 Å². The molecule has 0 amide bonds. The summed E-state index contributed by atoms with van der Waals surface area (Å²) in [6, 6.07) is 0. The molecular weight excluding hydrogens is 177 g/mol. The van der Waals surface area contributed by atoms with E-state index in [1.165, 1.54) is 0 Å². The molecule has 0 radical (unpaired) electrons. The first kappa shape index (κ1) is 15.7. The van der Waals surface area contributed by atoms with Gasteiger partial charge in [-0.25, -0.2) is 4.79 Å². The van der Waals surface area contributed by atoms with Gasteiger partial charge in [0, 0.05) is 17.1 Å². The van der Waals surface area contributed by atoms with Crippen LogP contribution in [-0.2, 0) is 26.2 Å². The van der Waals surface area contributed by atoms with Crippen LogP contribution in [0.3, 0.4) is 0 Å². The molecule has 0 aliphatic rings. The maximum Gasteiger partial charge on any atom is 0.338 e. The minimum absolute atomic E-state index is 0. The van der Waals surface area contributed by atoms with Crippen molar-refractivity contribution in [2.24, 2.45) is 5.73 Å². The van der Waals surface area contributed by atoms with Crippen molar-refractivity contribution in [1.82, 2.24) is 0 Å². The minimum atomic E-state index is -0.614. The summed E-state index contributed by atoms with van der Waals surface area (Å²) in [5.41, 5.74) is 4.72. The summed E-state index contributed by atoms with van der Waals surface area (Å²) in [6.07, 6.45) is 0. The summed E-state index contributed by atoms with van der Waals surface area (Å²) in [5.74, 6) is -0.614. The van der Waals surface area contributed by atoms with Crippen molar-refractivity contribution in [2.75, 3.05) is 6.54 Å². The molecule has 0 atom stereocenters. The topological polar surface area (TPSA) is 83.8 Å². The van der Waals surface area contributed by atoms with Crippen LogP contribution in [0.5, 0.6) is 0 Å². The van der Waals surface area contributed by atoms with Gasteiger partial charge in [0.05, 0.1) is 6.54 Å². The molecule has 8 heavy (non-hydrogen) atoms. The average Bonchev–Trinajstić information content (AvgIpc) is 1.65. The second-order valence-electron chi connectivity index (χ2n) is 0.653. The number of carbonyl (C=O) groups excluding carboxylic acids is 1. The Morgan fingerprint density at radius 3 is 2.12 bits per heavy atom. The third-order valence-corrected chi connectivity index (χ3v) is 0.425. The van der Waals surface area contributed by atoms with Gasteiger partial charge in [0.1, 0.15) is 11.9 Å². The van der Waals surface area contributed by atoms with Crippen LogP contribution in [0.4, 0.5) is 0 Å². The van der Waals surface area contributed by atoms with Crippen LogP contribution >= 0.6 is 11.9 Å². The normalized spacial score (nSPS) is 5.75. The maximum absolute atomic E-state index is 9.70. The van der Waals surface area contributed by atoms with Gasteiger partial charge in [0.15, 0.2) is 0 Å². The molecule has 0 aliphatic carbocycles. The molecule has 4 N–H and O–H groups in total. The molecule has 0 saturated carbocycles. The Bertz CT molecular complexity index is 55.2. The SMILES string of the molecule is NCC(=O)OCl.O.[Fe]. The first-order valence-corrected chi connectivity index (χ1v) is 1.63. The number of hydrogen-bond donors (Lipinski definition) is 1. The van der Waals surface area contributed by atoms with Crippen LogP contribution in [0.25, 0.3) is 0 Å². The van der Waals surface area contributed by atoms with E-state index in [4.69, 9.17) is 5.73 Å². The molecule has 0 rings (SSSR count). The zero-order valence-corrected chi connectivity index (χ0v) is 5.69. The summed E-state index contributed by atoms with van der Waals surface area (Å²) in [4.78, 5) is 9.70. The molecule has 4 nitrogen and oxygen atoms in total. The molecule has 0 saturated heterocycles. The van der Waals surface area contributed by atoms with Gasteiger partial charge in [0.25, 0.3) is 0 Å². The van der Waals surface area contributed by atoms with Crippen molar-refractivity contribution >= 4 is 17.8 Å². The molecule has 0 aromatic rings. The second-order valence-corrected chi connectivity index (χ2v) is 0.808. The molecule has 0 aromatic carbocycles. The summed E-state index contributed by atoms with van der Waals surface area (Å²) >= 11 is 4.52. The quantitative estimate of drug-likeness (QED) is 0.519. The van der Waals surface area contributed by atoms with Crippen LogP contribution in [0.15, 0.2) is 0 Å². The maximum atomic E-state index is 9.70. The Morgan fingerprint density at radius 1 is 1.75 bits per heavy atom. The molecule has 0 aromatic heterocycles. The zero-order chi connectivity index (χ0) is 4.99. The Hall–Kier alpha value is 0.199. The fourth-order valence-electron chi connectivity index (χ4n) is 0.0315. The Kier molecular flexibility index (Phi) is 20.1. The predicted molar refractivity (Wildman–Crippen MR) is 24.6 cm³/mol. The van der Waals surface area contributed by atoms with Crippen LogP contribution in [0.2, 0.25) is 0 Å². The molecule has 0 aliphatic heterocycles. The third kappa shape index (κ3) is 9.50. The van der Waals surface area contributed by atoms with E-state index >= 15 is 0 Å².